The van der Waals surface area contributed by atoms with Crippen LogP contribution in [0, 0.1) is 23.1 Å². The van der Waals surface area contributed by atoms with E-state index in [9.17, 15) is 19.6 Å². The smallest absolute Gasteiger partial charge is 0.242 e. The van der Waals surface area contributed by atoms with E-state index in [1.807, 2.05) is 24.1 Å². The van der Waals surface area contributed by atoms with Gasteiger partial charge in [-0.05, 0) is 69.7 Å². The van der Waals surface area contributed by atoms with Crippen LogP contribution in [0.4, 0.5) is 4.39 Å². The molecule has 1 aromatic carbocycles. The molecule has 2 aliphatic carbocycles. The molecule has 0 bridgehead atoms. The van der Waals surface area contributed by atoms with Gasteiger partial charge in [0.15, 0.2) is 0 Å². The molecule has 8 heteroatoms. The first kappa shape index (κ1) is 24.1. The molecule has 0 spiro atoms. The molecule has 33 heavy (non-hydrogen) atoms. The topological polar surface area (TPSA) is 96.8 Å². The van der Waals surface area contributed by atoms with Crippen molar-refractivity contribution in [2.24, 2.45) is 11.7 Å². The number of likely N-dealkylation sites (tertiary alicyclic amines) is 1. The zero-order chi connectivity index (χ0) is 23.9. The first-order valence-electron chi connectivity index (χ1n) is 12.1. The third-order valence-corrected chi connectivity index (χ3v) is 8.09. The van der Waals surface area contributed by atoms with Gasteiger partial charge in [-0.2, -0.15) is 5.26 Å². The van der Waals surface area contributed by atoms with E-state index in [-0.39, 0.29) is 29.3 Å². The summed E-state index contributed by atoms with van der Waals surface area (Å²) in [6.07, 6.45) is 3.92. The lowest BCUT2D eigenvalue weighted by Crippen LogP contribution is -2.58. The standard InChI is InChI=1S/C25H36FN5O2/c1-16-13-22(16)31(17(2)14-27)23(32)20(28)15-29(3)21-9-12-30(24(21)33)25(10-4-11-25)18-5-7-19(26)8-6-18/h5-8,16-17,20-22,24,33H,4,9-13,15,28H2,1-3H3. The summed E-state index contributed by atoms with van der Waals surface area (Å²) in [5.41, 5.74) is 7.11. The number of halogens is 1. The number of hydrogen-bond donors (Lipinski definition) is 2. The molecule has 3 fully saturated rings. The van der Waals surface area contributed by atoms with Crippen LogP contribution in [0.3, 0.4) is 0 Å². The fraction of sp³-hybridized carbons (Fsp3) is 0.680. The number of nitriles is 1. The van der Waals surface area contributed by atoms with Crippen LogP contribution in [0.5, 0.6) is 0 Å². The Kier molecular flexibility index (Phi) is 6.79. The quantitative estimate of drug-likeness (QED) is 0.620. The van der Waals surface area contributed by atoms with E-state index >= 15 is 0 Å². The first-order valence-corrected chi connectivity index (χ1v) is 12.1. The number of aliphatic hydroxyl groups excluding tert-OH is 1. The molecule has 2 saturated carbocycles. The van der Waals surface area contributed by atoms with E-state index in [1.54, 1.807) is 11.8 Å². The van der Waals surface area contributed by atoms with Crippen molar-refractivity contribution in [3.63, 3.8) is 0 Å². The summed E-state index contributed by atoms with van der Waals surface area (Å²) in [5, 5.41) is 20.7. The van der Waals surface area contributed by atoms with E-state index in [1.165, 1.54) is 12.1 Å². The van der Waals surface area contributed by atoms with Gasteiger partial charge in [0.25, 0.3) is 0 Å². The number of aliphatic hydroxyl groups is 1. The molecule has 3 N–H and O–H groups in total. The third-order valence-electron chi connectivity index (χ3n) is 8.09. The van der Waals surface area contributed by atoms with Crippen LogP contribution >= 0.6 is 0 Å². The van der Waals surface area contributed by atoms with Crippen LogP contribution in [0.25, 0.3) is 0 Å². The Bertz CT molecular complexity index is 899. The zero-order valence-electron chi connectivity index (χ0n) is 19.8. The number of benzene rings is 1. The summed E-state index contributed by atoms with van der Waals surface area (Å²) in [7, 11) is 1.90. The lowest BCUT2D eigenvalue weighted by molar-refractivity contribution is -0.135. The second-order valence-electron chi connectivity index (χ2n) is 10.2. The second-order valence-corrected chi connectivity index (χ2v) is 10.2. The fourth-order valence-electron chi connectivity index (χ4n) is 5.80. The molecule has 6 atom stereocenters. The highest BCUT2D eigenvalue weighted by molar-refractivity contribution is 5.83. The minimum atomic E-state index is -0.755. The van der Waals surface area contributed by atoms with Gasteiger partial charge in [-0.25, -0.2) is 4.39 Å². The molecular formula is C25H36FN5O2. The summed E-state index contributed by atoms with van der Waals surface area (Å²) in [6.45, 7) is 4.86. The maximum Gasteiger partial charge on any atom is 0.242 e. The van der Waals surface area contributed by atoms with Gasteiger partial charge in [-0.1, -0.05) is 19.1 Å². The van der Waals surface area contributed by atoms with Gasteiger partial charge in [0.05, 0.1) is 18.2 Å². The van der Waals surface area contributed by atoms with Gasteiger partial charge in [0.1, 0.15) is 18.1 Å². The van der Waals surface area contributed by atoms with Gasteiger partial charge in [0, 0.05) is 24.7 Å². The van der Waals surface area contributed by atoms with Crippen LogP contribution in [0.2, 0.25) is 0 Å². The lowest BCUT2D eigenvalue weighted by Gasteiger charge is -2.51. The van der Waals surface area contributed by atoms with Crippen molar-refractivity contribution in [2.75, 3.05) is 20.1 Å². The SMILES string of the molecule is CC1CC1N(C(=O)C(N)CN(C)C1CCN(C2(c3ccc(F)cc3)CCC2)C1O)C(C)C#N. The Morgan fingerprint density at radius 3 is 2.52 bits per heavy atom. The van der Waals surface area contributed by atoms with Crippen LogP contribution in [0.1, 0.15) is 51.5 Å². The largest absolute Gasteiger partial charge is 0.377 e. The molecule has 1 aromatic rings. The van der Waals surface area contributed by atoms with Crippen LogP contribution in [-0.4, -0.2) is 76.2 Å². The van der Waals surface area contributed by atoms with Crippen LogP contribution in [-0.2, 0) is 10.3 Å². The normalized spacial score (nSPS) is 30.4. The molecule has 1 amide bonds. The van der Waals surface area contributed by atoms with Crippen molar-refractivity contribution in [1.29, 1.82) is 5.26 Å². The summed E-state index contributed by atoms with van der Waals surface area (Å²) in [4.78, 5) is 18.9. The molecule has 3 aliphatic rings. The highest BCUT2D eigenvalue weighted by Crippen LogP contribution is 2.49. The number of rotatable bonds is 8. The Labute approximate surface area is 195 Å². The lowest BCUT2D eigenvalue weighted by atomic mass is 9.70. The molecule has 1 heterocycles. The number of likely N-dealkylation sites (N-methyl/N-ethyl adjacent to an activating group) is 1. The second kappa shape index (κ2) is 9.30. The van der Waals surface area contributed by atoms with Crippen LogP contribution in [0.15, 0.2) is 24.3 Å². The van der Waals surface area contributed by atoms with Crippen molar-refractivity contribution < 1.29 is 14.3 Å². The summed E-state index contributed by atoms with van der Waals surface area (Å²) >= 11 is 0. The van der Waals surface area contributed by atoms with Gasteiger partial charge in [-0.3, -0.25) is 14.6 Å². The summed E-state index contributed by atoms with van der Waals surface area (Å²) in [6, 6.07) is 7.49. The van der Waals surface area contributed by atoms with Gasteiger partial charge < -0.3 is 15.7 Å². The Morgan fingerprint density at radius 2 is 2.00 bits per heavy atom. The molecule has 1 saturated heterocycles. The molecule has 0 radical (unpaired) electrons. The molecule has 1 aliphatic heterocycles. The highest BCUT2D eigenvalue weighted by Gasteiger charge is 2.51. The van der Waals surface area contributed by atoms with Gasteiger partial charge in [-0.15, -0.1) is 0 Å². The average Bonchev–Trinajstić information content (AvgIpc) is 3.34. The predicted octanol–water partition coefficient (Wildman–Crippen LogP) is 2.01. The number of carbonyl (C=O) groups excluding carboxylic acids is 1. The Balaban J connectivity index is 1.42. The van der Waals surface area contributed by atoms with Crippen molar-refractivity contribution in [1.82, 2.24) is 14.7 Å². The highest BCUT2D eigenvalue weighted by atomic mass is 19.1. The Hall–Kier alpha value is -2.05. The predicted molar refractivity (Wildman–Crippen MR) is 123 cm³/mol. The van der Waals surface area contributed by atoms with Gasteiger partial charge in [0.2, 0.25) is 5.91 Å². The summed E-state index contributed by atoms with van der Waals surface area (Å²) < 4.78 is 13.5. The molecule has 7 nitrogen and oxygen atoms in total. The third kappa shape index (κ3) is 4.40. The summed E-state index contributed by atoms with van der Waals surface area (Å²) in [5.74, 6) is -0.0619. The minimum Gasteiger partial charge on any atom is -0.377 e. The van der Waals surface area contributed by atoms with Crippen LogP contribution < -0.4 is 5.73 Å². The number of nitrogens with two attached hydrogens (primary N) is 1. The monoisotopic (exact) mass is 457 g/mol. The number of nitrogens with zero attached hydrogens (tertiary/aromatic N) is 4. The first-order chi connectivity index (χ1) is 15.7. The zero-order valence-corrected chi connectivity index (χ0v) is 19.8. The average molecular weight is 458 g/mol. The Morgan fingerprint density at radius 1 is 1.36 bits per heavy atom. The number of carbonyl (C=O) groups is 1. The molecular weight excluding hydrogens is 421 g/mol. The van der Waals surface area contributed by atoms with Crippen molar-refractivity contribution in [3.05, 3.63) is 35.6 Å². The molecule has 180 valence electrons. The van der Waals surface area contributed by atoms with Crippen molar-refractivity contribution in [3.8, 4) is 6.07 Å². The van der Waals surface area contributed by atoms with Gasteiger partial charge >= 0.3 is 0 Å². The molecule has 6 unspecified atom stereocenters. The minimum absolute atomic E-state index is 0.0882. The van der Waals surface area contributed by atoms with Crippen molar-refractivity contribution >= 4 is 5.91 Å². The fourth-order valence-corrected chi connectivity index (χ4v) is 5.80. The maximum absolute atomic E-state index is 13.5. The molecule has 4 rings (SSSR count). The van der Waals surface area contributed by atoms with E-state index in [2.05, 4.69) is 17.9 Å². The van der Waals surface area contributed by atoms with E-state index in [4.69, 9.17) is 5.73 Å². The molecule has 0 aromatic heterocycles. The maximum atomic E-state index is 13.5. The van der Waals surface area contributed by atoms with E-state index in [0.29, 0.717) is 12.5 Å². The van der Waals surface area contributed by atoms with E-state index < -0.39 is 18.3 Å². The van der Waals surface area contributed by atoms with Crippen molar-refractivity contribution in [2.45, 2.75) is 81.9 Å². The number of amides is 1. The van der Waals surface area contributed by atoms with E-state index in [0.717, 1.165) is 44.2 Å². The number of hydrogen-bond acceptors (Lipinski definition) is 6.